The lowest BCUT2D eigenvalue weighted by molar-refractivity contribution is -0.128. The second-order valence-electron chi connectivity index (χ2n) is 7.47. The molecule has 2 heterocycles. The molecule has 33 heavy (non-hydrogen) atoms. The second kappa shape index (κ2) is 9.72. The van der Waals surface area contributed by atoms with Gasteiger partial charge < -0.3 is 20.3 Å². The molecule has 1 atom stereocenters. The van der Waals surface area contributed by atoms with Gasteiger partial charge in [0.1, 0.15) is 24.3 Å². The molecule has 0 aromatic heterocycles. The topological polar surface area (TPSA) is 103 Å². The molecule has 0 unspecified atom stereocenters. The molecule has 2 aromatic rings. The van der Waals surface area contributed by atoms with Gasteiger partial charge in [0.15, 0.2) is 5.17 Å². The van der Waals surface area contributed by atoms with E-state index < -0.39 is 5.25 Å². The third-order valence-electron chi connectivity index (χ3n) is 5.07. The van der Waals surface area contributed by atoms with Crippen LogP contribution in [0.4, 0.5) is 17.1 Å². The van der Waals surface area contributed by atoms with Crippen molar-refractivity contribution in [3.05, 3.63) is 47.5 Å². The fourth-order valence-electron chi connectivity index (χ4n) is 3.50. The highest BCUT2D eigenvalue weighted by Crippen LogP contribution is 2.33. The van der Waals surface area contributed by atoms with Crippen LogP contribution in [0.5, 0.6) is 5.75 Å². The summed E-state index contributed by atoms with van der Waals surface area (Å²) < 4.78 is 5.11. The average Bonchev–Trinajstić information content (AvgIpc) is 3.08. The van der Waals surface area contributed by atoms with Gasteiger partial charge in [0.05, 0.1) is 12.1 Å². The van der Waals surface area contributed by atoms with Crippen molar-refractivity contribution in [2.24, 2.45) is 4.99 Å². The monoisotopic (exact) mass is 487 g/mol. The zero-order valence-electron chi connectivity index (χ0n) is 18.0. The molecule has 9 nitrogen and oxygen atoms in total. The molecule has 2 aromatic carbocycles. The maximum Gasteiger partial charge on any atom is 0.244 e. The summed E-state index contributed by atoms with van der Waals surface area (Å²) in [5.74, 6) is -0.0608. The van der Waals surface area contributed by atoms with Gasteiger partial charge in [-0.3, -0.25) is 19.3 Å². The number of anilines is 3. The lowest BCUT2D eigenvalue weighted by Crippen LogP contribution is -2.46. The first-order valence-electron chi connectivity index (χ1n) is 10.1. The number of ether oxygens (including phenoxy) is 1. The van der Waals surface area contributed by atoms with Crippen LogP contribution in [0.1, 0.15) is 13.3 Å². The van der Waals surface area contributed by atoms with Crippen molar-refractivity contribution in [2.75, 3.05) is 36.0 Å². The van der Waals surface area contributed by atoms with Crippen molar-refractivity contribution in [1.82, 2.24) is 4.90 Å². The van der Waals surface area contributed by atoms with E-state index in [-0.39, 0.29) is 24.1 Å². The molecule has 4 rings (SSSR count). The Bertz CT molecular complexity index is 1120. The molecule has 1 saturated heterocycles. The number of fused-ring (bicyclic) bond motifs is 1. The summed E-state index contributed by atoms with van der Waals surface area (Å²) in [7, 11) is 1.52. The SMILES string of the molecule is COc1ccc(NC(=O)C[C@@H]2SC3=NCN(c4ccc(NC(C)=O)cc4)CN3C2=O)cc1Cl. The second-order valence-corrected chi connectivity index (χ2v) is 9.04. The number of carbonyl (C=O) groups is 3. The third kappa shape index (κ3) is 5.23. The van der Waals surface area contributed by atoms with Crippen LogP contribution >= 0.6 is 23.4 Å². The number of aliphatic imine (C=N–C) groups is 1. The van der Waals surface area contributed by atoms with E-state index in [2.05, 4.69) is 15.6 Å². The number of benzene rings is 2. The van der Waals surface area contributed by atoms with Crippen molar-refractivity contribution >= 4 is 63.3 Å². The number of carbonyl (C=O) groups excluding carboxylic acids is 3. The Hall–Kier alpha value is -3.24. The summed E-state index contributed by atoms with van der Waals surface area (Å²) in [4.78, 5) is 44.7. The summed E-state index contributed by atoms with van der Waals surface area (Å²) in [6, 6.07) is 12.3. The lowest BCUT2D eigenvalue weighted by Gasteiger charge is -2.32. The average molecular weight is 488 g/mol. The Morgan fingerprint density at radius 3 is 2.58 bits per heavy atom. The molecular weight excluding hydrogens is 466 g/mol. The van der Waals surface area contributed by atoms with E-state index in [0.29, 0.717) is 40.7 Å². The van der Waals surface area contributed by atoms with Crippen molar-refractivity contribution in [3.63, 3.8) is 0 Å². The number of nitrogens with one attached hydrogen (secondary N) is 2. The fourth-order valence-corrected chi connectivity index (χ4v) is 4.88. The minimum atomic E-state index is -0.542. The number of amidine groups is 1. The van der Waals surface area contributed by atoms with E-state index in [0.717, 1.165) is 5.69 Å². The highest BCUT2D eigenvalue weighted by molar-refractivity contribution is 8.15. The summed E-state index contributed by atoms with van der Waals surface area (Å²) in [5, 5.41) is 5.96. The minimum Gasteiger partial charge on any atom is -0.495 e. The quantitative estimate of drug-likeness (QED) is 0.647. The van der Waals surface area contributed by atoms with Crippen LogP contribution in [0.3, 0.4) is 0 Å². The van der Waals surface area contributed by atoms with E-state index in [1.807, 2.05) is 17.0 Å². The number of rotatable bonds is 6. The largest absolute Gasteiger partial charge is 0.495 e. The Morgan fingerprint density at radius 1 is 1.18 bits per heavy atom. The Morgan fingerprint density at radius 2 is 1.91 bits per heavy atom. The van der Waals surface area contributed by atoms with Crippen molar-refractivity contribution in [3.8, 4) is 5.75 Å². The first-order valence-corrected chi connectivity index (χ1v) is 11.4. The van der Waals surface area contributed by atoms with E-state index in [1.54, 1.807) is 35.2 Å². The maximum absolute atomic E-state index is 13.0. The fraction of sp³-hybridized carbons (Fsp3) is 0.273. The molecule has 2 aliphatic rings. The first-order chi connectivity index (χ1) is 15.8. The summed E-state index contributed by atoms with van der Waals surface area (Å²) >= 11 is 7.41. The highest BCUT2D eigenvalue weighted by atomic mass is 35.5. The van der Waals surface area contributed by atoms with Gasteiger partial charge in [-0.15, -0.1) is 0 Å². The molecule has 0 aliphatic carbocycles. The van der Waals surface area contributed by atoms with E-state index in [1.165, 1.54) is 25.8 Å². The molecule has 0 bridgehead atoms. The Balaban J connectivity index is 1.36. The normalized spacial score (nSPS) is 17.4. The molecule has 3 amide bonds. The summed E-state index contributed by atoms with van der Waals surface area (Å²) in [5.41, 5.74) is 2.11. The number of hydrogen-bond donors (Lipinski definition) is 2. The summed E-state index contributed by atoms with van der Waals surface area (Å²) in [6.07, 6.45) is 0.0219. The van der Waals surface area contributed by atoms with Crippen LogP contribution in [-0.4, -0.2) is 53.5 Å². The number of amides is 3. The van der Waals surface area contributed by atoms with Crippen LogP contribution in [0.25, 0.3) is 0 Å². The Kier molecular flexibility index (Phi) is 6.75. The van der Waals surface area contributed by atoms with Gasteiger partial charge in [0.2, 0.25) is 17.7 Å². The van der Waals surface area contributed by atoms with Crippen molar-refractivity contribution in [1.29, 1.82) is 0 Å². The minimum absolute atomic E-state index is 0.0219. The van der Waals surface area contributed by atoms with E-state index >= 15 is 0 Å². The molecule has 2 N–H and O–H groups in total. The van der Waals surface area contributed by atoms with Gasteiger partial charge in [0.25, 0.3) is 0 Å². The van der Waals surface area contributed by atoms with E-state index in [9.17, 15) is 14.4 Å². The predicted molar refractivity (Wildman–Crippen MR) is 130 cm³/mol. The van der Waals surface area contributed by atoms with Crippen LogP contribution in [-0.2, 0) is 14.4 Å². The molecule has 0 spiro atoms. The number of methoxy groups -OCH3 is 1. The van der Waals surface area contributed by atoms with Gasteiger partial charge in [-0.1, -0.05) is 23.4 Å². The van der Waals surface area contributed by atoms with Gasteiger partial charge in [-0.25, -0.2) is 4.99 Å². The maximum atomic E-state index is 13.0. The molecule has 11 heteroatoms. The third-order valence-corrected chi connectivity index (χ3v) is 6.58. The lowest BCUT2D eigenvalue weighted by atomic mass is 10.2. The Labute approximate surface area is 200 Å². The highest BCUT2D eigenvalue weighted by Gasteiger charge is 2.41. The van der Waals surface area contributed by atoms with Gasteiger partial charge >= 0.3 is 0 Å². The molecular formula is C22H22ClN5O4S. The van der Waals surface area contributed by atoms with Gasteiger partial charge in [-0.05, 0) is 42.5 Å². The van der Waals surface area contributed by atoms with Crippen LogP contribution in [0, 0.1) is 0 Å². The molecule has 0 radical (unpaired) electrons. The van der Waals surface area contributed by atoms with Crippen molar-refractivity contribution in [2.45, 2.75) is 18.6 Å². The number of nitrogens with zero attached hydrogens (tertiary/aromatic N) is 3. The van der Waals surface area contributed by atoms with E-state index in [4.69, 9.17) is 16.3 Å². The number of halogens is 1. The predicted octanol–water partition coefficient (Wildman–Crippen LogP) is 3.37. The zero-order chi connectivity index (χ0) is 23.5. The van der Waals surface area contributed by atoms with Crippen molar-refractivity contribution < 1.29 is 19.1 Å². The molecule has 172 valence electrons. The summed E-state index contributed by atoms with van der Waals surface area (Å²) in [6.45, 7) is 2.19. The van der Waals surface area contributed by atoms with Gasteiger partial charge in [-0.2, -0.15) is 0 Å². The molecule has 1 fully saturated rings. The van der Waals surface area contributed by atoms with Crippen LogP contribution in [0.15, 0.2) is 47.5 Å². The van der Waals surface area contributed by atoms with Crippen LogP contribution in [0.2, 0.25) is 5.02 Å². The number of hydrogen-bond acceptors (Lipinski definition) is 7. The van der Waals surface area contributed by atoms with Gasteiger partial charge in [0, 0.05) is 30.4 Å². The molecule has 2 aliphatic heterocycles. The van der Waals surface area contributed by atoms with Crippen LogP contribution < -0.4 is 20.3 Å². The number of thioether (sulfide) groups is 1. The standard InChI is InChI=1S/C22H22ClN5O4S/c1-13(29)25-14-3-6-16(7-4-14)27-11-24-22-28(12-27)21(31)19(33-22)10-20(30)26-15-5-8-18(32-2)17(23)9-15/h3-9,19H,10-12H2,1-2H3,(H,25,29)(H,26,30)/t19-/m0/s1. The molecule has 0 saturated carbocycles. The smallest absolute Gasteiger partial charge is 0.244 e. The first kappa shape index (κ1) is 22.9. The zero-order valence-corrected chi connectivity index (χ0v) is 19.6.